The van der Waals surface area contributed by atoms with E-state index >= 15 is 0 Å². The van der Waals surface area contributed by atoms with Gasteiger partial charge in [0.05, 0.1) is 16.9 Å². The first-order chi connectivity index (χ1) is 14.2. The van der Waals surface area contributed by atoms with Crippen LogP contribution in [0.1, 0.15) is 45.7 Å². The summed E-state index contributed by atoms with van der Waals surface area (Å²) >= 11 is 0. The second kappa shape index (κ2) is 6.95. The molecule has 150 valence electrons. The van der Waals surface area contributed by atoms with Crippen molar-refractivity contribution in [1.29, 1.82) is 0 Å². The summed E-state index contributed by atoms with van der Waals surface area (Å²) < 4.78 is 0. The average molecular weight is 400 g/mol. The molecular weight excluding hydrogens is 380 g/mol. The molecule has 0 radical (unpaired) electrons. The molecule has 2 N–H and O–H groups in total. The maximum absolute atomic E-state index is 13.8. The summed E-state index contributed by atoms with van der Waals surface area (Å²) in [6.45, 7) is 3.31. The average Bonchev–Trinajstić information content (AvgIpc) is 2.72. The molecule has 4 rings (SSSR count). The van der Waals surface area contributed by atoms with Crippen LogP contribution in [0.5, 0.6) is 0 Å². The van der Waals surface area contributed by atoms with Crippen LogP contribution in [0, 0.1) is 5.92 Å². The van der Waals surface area contributed by atoms with Crippen LogP contribution in [0.2, 0.25) is 0 Å². The summed E-state index contributed by atoms with van der Waals surface area (Å²) in [5, 5.41) is 21.2. The predicted octanol–water partition coefficient (Wildman–Crippen LogP) is 4.80. The molecular formula is C25H20O5. The highest BCUT2D eigenvalue weighted by atomic mass is 16.4. The van der Waals surface area contributed by atoms with E-state index in [4.69, 9.17) is 0 Å². The maximum atomic E-state index is 13.8. The van der Waals surface area contributed by atoms with Gasteiger partial charge in [-0.05, 0) is 53.9 Å². The molecule has 0 amide bonds. The minimum Gasteiger partial charge on any atom is -0.481 e. The lowest BCUT2D eigenvalue weighted by Crippen LogP contribution is -2.46. The maximum Gasteiger partial charge on any atom is 0.335 e. The van der Waals surface area contributed by atoms with Gasteiger partial charge in [-0.1, -0.05) is 54.1 Å². The molecule has 0 saturated heterocycles. The van der Waals surface area contributed by atoms with E-state index in [0.29, 0.717) is 22.3 Å². The van der Waals surface area contributed by atoms with Crippen LogP contribution in [-0.2, 0) is 10.2 Å². The summed E-state index contributed by atoms with van der Waals surface area (Å²) in [5.41, 5.74) is 0.719. The Balaban J connectivity index is 1.94. The number of Topliss-reactive ketones (excluding diaryl/α,β-unsaturated/α-hetero) is 1. The van der Waals surface area contributed by atoms with E-state index in [2.05, 4.69) is 0 Å². The van der Waals surface area contributed by atoms with E-state index in [0.717, 1.165) is 10.8 Å². The third kappa shape index (κ3) is 2.90. The largest absolute Gasteiger partial charge is 0.481 e. The van der Waals surface area contributed by atoms with E-state index in [9.17, 15) is 24.6 Å². The fourth-order valence-electron chi connectivity index (χ4n) is 4.55. The number of rotatable bonds is 4. The van der Waals surface area contributed by atoms with Crippen molar-refractivity contribution in [1.82, 2.24) is 0 Å². The summed E-state index contributed by atoms with van der Waals surface area (Å²) in [6, 6.07) is 17.5. The Morgan fingerprint density at radius 2 is 1.53 bits per heavy atom. The molecule has 0 bridgehead atoms. The van der Waals surface area contributed by atoms with E-state index in [1.54, 1.807) is 38.1 Å². The summed E-state index contributed by atoms with van der Waals surface area (Å²) in [7, 11) is 0. The lowest BCUT2D eigenvalue weighted by molar-refractivity contribution is -0.142. The zero-order valence-corrected chi connectivity index (χ0v) is 16.5. The van der Waals surface area contributed by atoms with Crippen molar-refractivity contribution in [3.8, 4) is 0 Å². The number of benzene rings is 3. The molecule has 0 aromatic heterocycles. The highest BCUT2D eigenvalue weighted by Gasteiger charge is 2.50. The topological polar surface area (TPSA) is 91.7 Å². The van der Waals surface area contributed by atoms with Crippen molar-refractivity contribution in [2.45, 2.75) is 19.3 Å². The number of aliphatic carboxylic acids is 1. The van der Waals surface area contributed by atoms with E-state index in [1.165, 1.54) is 12.1 Å². The molecule has 5 nitrogen and oxygen atoms in total. The number of hydrogen-bond donors (Lipinski definition) is 2. The Hall–Kier alpha value is -3.73. The Morgan fingerprint density at radius 1 is 0.867 bits per heavy atom. The third-order valence-electron chi connectivity index (χ3n) is 6.00. The first-order valence-electron chi connectivity index (χ1n) is 9.56. The van der Waals surface area contributed by atoms with Gasteiger partial charge < -0.3 is 10.2 Å². The number of carboxylic acids is 2. The molecule has 30 heavy (non-hydrogen) atoms. The number of carboxylic acid groups (broad SMARTS) is 2. The van der Waals surface area contributed by atoms with Crippen LogP contribution >= 0.6 is 0 Å². The second-order valence-electron chi connectivity index (χ2n) is 7.86. The van der Waals surface area contributed by atoms with Gasteiger partial charge in [0.25, 0.3) is 0 Å². The molecule has 2 unspecified atom stereocenters. The van der Waals surface area contributed by atoms with Gasteiger partial charge in [0, 0.05) is 5.56 Å². The van der Waals surface area contributed by atoms with Crippen molar-refractivity contribution >= 4 is 34.6 Å². The normalized spacial score (nSPS) is 20.3. The molecule has 0 heterocycles. The van der Waals surface area contributed by atoms with E-state index < -0.39 is 23.3 Å². The monoisotopic (exact) mass is 400 g/mol. The highest BCUT2D eigenvalue weighted by molar-refractivity contribution is 6.10. The molecule has 0 saturated carbocycles. The van der Waals surface area contributed by atoms with E-state index in [1.807, 2.05) is 30.3 Å². The van der Waals surface area contributed by atoms with E-state index in [-0.39, 0.29) is 11.3 Å². The first-order valence-corrected chi connectivity index (χ1v) is 9.56. The van der Waals surface area contributed by atoms with Crippen molar-refractivity contribution < 1.29 is 24.6 Å². The smallest absolute Gasteiger partial charge is 0.335 e. The number of carbonyl (C=O) groups excluding carboxylic acids is 1. The standard InChI is InChI=1S/C25H20O5/c1-14-11-19-13-18(23(27)28)9-10-20(19)25(2,21(14)24(29)30)22(26)17-8-7-15-5-3-4-6-16(15)12-17/h3-13,21H,1-2H3,(H,27,28)(H,29,30). The Bertz CT molecular complexity index is 1250. The van der Waals surface area contributed by atoms with Crippen LogP contribution in [0.25, 0.3) is 16.8 Å². The molecule has 2 atom stereocenters. The van der Waals surface area contributed by atoms with Crippen LogP contribution < -0.4 is 0 Å². The van der Waals surface area contributed by atoms with Gasteiger partial charge in [-0.3, -0.25) is 9.59 Å². The predicted molar refractivity (Wildman–Crippen MR) is 114 cm³/mol. The number of hydrogen-bond acceptors (Lipinski definition) is 3. The Kier molecular flexibility index (Phi) is 4.54. The zero-order chi connectivity index (χ0) is 21.6. The van der Waals surface area contributed by atoms with Crippen molar-refractivity contribution in [2.24, 2.45) is 5.92 Å². The highest BCUT2D eigenvalue weighted by Crippen LogP contribution is 2.46. The van der Waals surface area contributed by atoms with Crippen LogP contribution in [-0.4, -0.2) is 27.9 Å². The van der Waals surface area contributed by atoms with Gasteiger partial charge in [-0.2, -0.15) is 0 Å². The van der Waals surface area contributed by atoms with Gasteiger partial charge in [0.1, 0.15) is 0 Å². The molecule has 3 aromatic carbocycles. The minimum absolute atomic E-state index is 0.0899. The van der Waals surface area contributed by atoms with Gasteiger partial charge in [-0.15, -0.1) is 0 Å². The van der Waals surface area contributed by atoms with Gasteiger partial charge in [0.2, 0.25) is 0 Å². The third-order valence-corrected chi connectivity index (χ3v) is 6.00. The van der Waals surface area contributed by atoms with Crippen molar-refractivity contribution in [3.05, 3.63) is 88.5 Å². The lowest BCUT2D eigenvalue weighted by atomic mass is 9.61. The number of fused-ring (bicyclic) bond motifs is 2. The second-order valence-corrected chi connectivity index (χ2v) is 7.86. The Labute approximate surface area is 173 Å². The minimum atomic E-state index is -1.38. The van der Waals surface area contributed by atoms with Gasteiger partial charge >= 0.3 is 11.9 Å². The summed E-state index contributed by atoms with van der Waals surface area (Å²) in [6.07, 6.45) is 1.66. The Morgan fingerprint density at radius 3 is 2.20 bits per heavy atom. The zero-order valence-electron chi connectivity index (χ0n) is 16.5. The number of aromatic carboxylic acids is 1. The van der Waals surface area contributed by atoms with Crippen LogP contribution in [0.15, 0.2) is 66.2 Å². The van der Waals surface area contributed by atoms with Crippen molar-refractivity contribution in [3.63, 3.8) is 0 Å². The summed E-state index contributed by atoms with van der Waals surface area (Å²) in [5.74, 6) is -3.53. The fraction of sp³-hybridized carbons (Fsp3) is 0.160. The number of ketones is 1. The SMILES string of the molecule is CC1=Cc2cc(C(=O)O)ccc2C(C)(C(=O)c2ccc3ccccc3c2)C1C(=O)O. The molecule has 0 aliphatic heterocycles. The van der Waals surface area contributed by atoms with Crippen molar-refractivity contribution in [2.75, 3.05) is 0 Å². The molecule has 0 fully saturated rings. The first kappa shape index (κ1) is 19.6. The molecule has 5 heteroatoms. The quantitative estimate of drug-likeness (QED) is 0.614. The fourth-order valence-corrected chi connectivity index (χ4v) is 4.55. The van der Waals surface area contributed by atoms with Gasteiger partial charge in [-0.25, -0.2) is 4.79 Å². The molecule has 1 aliphatic rings. The molecule has 3 aromatic rings. The van der Waals surface area contributed by atoms with Crippen LogP contribution in [0.3, 0.4) is 0 Å². The summed E-state index contributed by atoms with van der Waals surface area (Å²) in [4.78, 5) is 37.4. The molecule has 1 aliphatic carbocycles. The lowest BCUT2D eigenvalue weighted by Gasteiger charge is -2.39. The number of carbonyl (C=O) groups is 3. The van der Waals surface area contributed by atoms with Gasteiger partial charge in [0.15, 0.2) is 5.78 Å². The van der Waals surface area contributed by atoms with Crippen LogP contribution in [0.4, 0.5) is 0 Å². The molecule has 0 spiro atoms.